The minimum atomic E-state index is -0.914. The predicted molar refractivity (Wildman–Crippen MR) is 101 cm³/mol. The van der Waals surface area contributed by atoms with Crippen molar-refractivity contribution in [1.29, 1.82) is 0 Å². The molecule has 1 saturated heterocycles. The van der Waals surface area contributed by atoms with Gasteiger partial charge in [-0.15, -0.1) is 0 Å². The van der Waals surface area contributed by atoms with Crippen molar-refractivity contribution < 1.29 is 23.5 Å². The van der Waals surface area contributed by atoms with Crippen molar-refractivity contribution in [2.75, 3.05) is 6.61 Å². The summed E-state index contributed by atoms with van der Waals surface area (Å²) in [6, 6.07) is 0.903. The van der Waals surface area contributed by atoms with Crippen LogP contribution >= 0.6 is 0 Å². The van der Waals surface area contributed by atoms with Crippen LogP contribution in [0.4, 0.5) is 0 Å². The molecular formula is C21H28N2O5. The number of Topliss-reactive ketones (excluding diaryl/α,β-unsaturated/α-hetero) is 1. The minimum Gasteiger partial charge on any atom is -0.472 e. The summed E-state index contributed by atoms with van der Waals surface area (Å²) in [6.07, 6.45) is 11.1. The van der Waals surface area contributed by atoms with E-state index in [4.69, 9.17) is 9.15 Å². The Bertz CT molecular complexity index is 725. The van der Waals surface area contributed by atoms with E-state index < -0.39 is 11.6 Å². The second kappa shape index (κ2) is 8.07. The summed E-state index contributed by atoms with van der Waals surface area (Å²) in [5.41, 5.74) is -0.527. The number of hydrogen-bond donors (Lipinski definition) is 2. The van der Waals surface area contributed by atoms with Gasteiger partial charge >= 0.3 is 0 Å². The molecule has 0 radical (unpaired) electrons. The van der Waals surface area contributed by atoms with E-state index in [1.54, 1.807) is 6.07 Å². The predicted octanol–water partition coefficient (Wildman–Crippen LogP) is 2.36. The Labute approximate surface area is 164 Å². The fourth-order valence-electron chi connectivity index (χ4n) is 4.97. The largest absolute Gasteiger partial charge is 0.472 e. The van der Waals surface area contributed by atoms with E-state index in [-0.39, 0.29) is 30.3 Å². The first-order chi connectivity index (χ1) is 13.6. The van der Waals surface area contributed by atoms with Gasteiger partial charge in [0.25, 0.3) is 5.91 Å². The van der Waals surface area contributed by atoms with Crippen molar-refractivity contribution >= 4 is 17.6 Å². The number of rotatable bonds is 6. The highest BCUT2D eigenvalue weighted by Gasteiger charge is 2.55. The van der Waals surface area contributed by atoms with Crippen LogP contribution in [0.25, 0.3) is 0 Å². The smallest absolute Gasteiger partial charge is 0.255 e. The first kappa shape index (κ1) is 19.2. The van der Waals surface area contributed by atoms with E-state index in [9.17, 15) is 14.4 Å². The lowest BCUT2D eigenvalue weighted by molar-refractivity contribution is -0.131. The van der Waals surface area contributed by atoms with Crippen LogP contribution in [0.5, 0.6) is 0 Å². The van der Waals surface area contributed by atoms with Crippen LogP contribution in [0, 0.1) is 5.92 Å². The molecule has 152 valence electrons. The zero-order chi connectivity index (χ0) is 19.6. The van der Waals surface area contributed by atoms with E-state index in [0.29, 0.717) is 24.3 Å². The minimum absolute atomic E-state index is 0.0547. The van der Waals surface area contributed by atoms with Gasteiger partial charge in [-0.25, -0.2) is 0 Å². The number of fused-ring (bicyclic) bond motifs is 1. The molecule has 7 heteroatoms. The Balaban J connectivity index is 1.49. The van der Waals surface area contributed by atoms with E-state index in [2.05, 4.69) is 10.6 Å². The highest BCUT2D eigenvalue weighted by atomic mass is 16.5. The van der Waals surface area contributed by atoms with Crippen LogP contribution in [0.1, 0.15) is 68.1 Å². The lowest BCUT2D eigenvalue weighted by Gasteiger charge is -2.32. The SMILES string of the molecule is O=C(NC(CC1CCCCC1)C(=O)NC12CCCC1OCC2=O)c1ccoc1. The third kappa shape index (κ3) is 3.72. The maximum atomic E-state index is 13.2. The molecule has 2 N–H and O–H groups in total. The molecule has 0 bridgehead atoms. The molecule has 3 unspecified atom stereocenters. The molecule has 0 spiro atoms. The topological polar surface area (TPSA) is 97.6 Å². The van der Waals surface area contributed by atoms with Crippen molar-refractivity contribution in [2.24, 2.45) is 5.92 Å². The van der Waals surface area contributed by atoms with Gasteiger partial charge in [0.1, 0.15) is 24.5 Å². The molecule has 3 aliphatic rings. The van der Waals surface area contributed by atoms with Gasteiger partial charge in [0, 0.05) is 0 Å². The molecule has 7 nitrogen and oxygen atoms in total. The van der Waals surface area contributed by atoms with Crippen molar-refractivity contribution in [2.45, 2.75) is 75.5 Å². The van der Waals surface area contributed by atoms with Gasteiger partial charge in [-0.2, -0.15) is 0 Å². The normalized spacial score (nSPS) is 28.7. The number of nitrogens with one attached hydrogen (secondary N) is 2. The number of ether oxygens (including phenoxy) is 1. The molecule has 1 aromatic rings. The molecule has 2 aliphatic carbocycles. The maximum absolute atomic E-state index is 13.2. The second-order valence-electron chi connectivity index (χ2n) is 8.35. The summed E-state index contributed by atoms with van der Waals surface area (Å²) < 4.78 is 10.6. The second-order valence-corrected chi connectivity index (χ2v) is 8.35. The molecule has 4 rings (SSSR count). The Hall–Kier alpha value is -2.15. The van der Waals surface area contributed by atoms with E-state index in [0.717, 1.165) is 38.5 Å². The van der Waals surface area contributed by atoms with Gasteiger partial charge in [0.05, 0.1) is 17.9 Å². The zero-order valence-electron chi connectivity index (χ0n) is 16.1. The fraction of sp³-hybridized carbons (Fsp3) is 0.667. The molecule has 3 atom stereocenters. The Kier molecular flexibility index (Phi) is 5.53. The number of ketones is 1. The Morgan fingerprint density at radius 3 is 2.75 bits per heavy atom. The van der Waals surface area contributed by atoms with Gasteiger partial charge < -0.3 is 19.8 Å². The quantitative estimate of drug-likeness (QED) is 0.780. The summed E-state index contributed by atoms with van der Waals surface area (Å²) in [5.74, 6) is -0.269. The van der Waals surface area contributed by atoms with Crippen LogP contribution in [0.3, 0.4) is 0 Å². The van der Waals surface area contributed by atoms with Crippen LogP contribution in [-0.4, -0.2) is 41.9 Å². The summed E-state index contributed by atoms with van der Waals surface area (Å²) in [4.78, 5) is 38.2. The Morgan fingerprint density at radius 1 is 1.18 bits per heavy atom. The van der Waals surface area contributed by atoms with Crippen molar-refractivity contribution in [3.8, 4) is 0 Å². The van der Waals surface area contributed by atoms with E-state index in [1.807, 2.05) is 0 Å². The molecule has 0 aromatic carbocycles. The lowest BCUT2D eigenvalue weighted by Crippen LogP contribution is -2.60. The number of furan rings is 1. The monoisotopic (exact) mass is 388 g/mol. The summed E-state index contributed by atoms with van der Waals surface area (Å²) >= 11 is 0. The molecule has 3 fully saturated rings. The summed E-state index contributed by atoms with van der Waals surface area (Å²) in [7, 11) is 0. The summed E-state index contributed by atoms with van der Waals surface area (Å²) in [6.45, 7) is 0.0552. The van der Waals surface area contributed by atoms with Gasteiger partial charge in [0.15, 0.2) is 5.78 Å². The van der Waals surface area contributed by atoms with Gasteiger partial charge in [-0.1, -0.05) is 32.1 Å². The third-order valence-corrected chi connectivity index (χ3v) is 6.55. The molecule has 1 aliphatic heterocycles. The highest BCUT2D eigenvalue weighted by Crippen LogP contribution is 2.38. The molecule has 2 saturated carbocycles. The van der Waals surface area contributed by atoms with E-state index >= 15 is 0 Å². The van der Waals surface area contributed by atoms with E-state index in [1.165, 1.54) is 18.9 Å². The van der Waals surface area contributed by atoms with Crippen LogP contribution in [-0.2, 0) is 14.3 Å². The molecule has 2 amide bonds. The average molecular weight is 388 g/mol. The van der Waals surface area contributed by atoms with Crippen molar-refractivity contribution in [3.63, 3.8) is 0 Å². The van der Waals surface area contributed by atoms with Gasteiger partial charge in [-0.05, 0) is 37.7 Å². The van der Waals surface area contributed by atoms with Crippen molar-refractivity contribution in [3.05, 3.63) is 24.2 Å². The summed E-state index contributed by atoms with van der Waals surface area (Å²) in [5, 5.41) is 5.86. The standard InChI is InChI=1S/C21H28N2O5/c24-17-13-28-18-7-4-9-21(17,18)23-20(26)16(11-14-5-2-1-3-6-14)22-19(25)15-8-10-27-12-15/h8,10,12,14,16,18H,1-7,9,11,13H2,(H,22,25)(H,23,26). The van der Waals surface area contributed by atoms with Gasteiger partial charge in [-0.3, -0.25) is 14.4 Å². The number of hydrogen-bond acceptors (Lipinski definition) is 5. The average Bonchev–Trinajstić information content (AvgIpc) is 3.41. The van der Waals surface area contributed by atoms with Crippen molar-refractivity contribution in [1.82, 2.24) is 10.6 Å². The fourth-order valence-corrected chi connectivity index (χ4v) is 4.97. The lowest BCUT2D eigenvalue weighted by atomic mass is 9.84. The van der Waals surface area contributed by atoms with Crippen LogP contribution in [0.15, 0.2) is 23.0 Å². The molecule has 1 aromatic heterocycles. The third-order valence-electron chi connectivity index (χ3n) is 6.55. The van der Waals surface area contributed by atoms with Crippen LogP contribution in [0.2, 0.25) is 0 Å². The van der Waals surface area contributed by atoms with Crippen LogP contribution < -0.4 is 10.6 Å². The highest BCUT2D eigenvalue weighted by molar-refractivity contribution is 6.00. The molecule has 28 heavy (non-hydrogen) atoms. The molecule has 2 heterocycles. The number of amides is 2. The first-order valence-corrected chi connectivity index (χ1v) is 10.4. The van der Waals surface area contributed by atoms with Gasteiger partial charge in [0.2, 0.25) is 5.91 Å². The number of carbonyl (C=O) groups excluding carboxylic acids is 3. The maximum Gasteiger partial charge on any atom is 0.255 e. The molecular weight excluding hydrogens is 360 g/mol. The number of carbonyl (C=O) groups is 3. The zero-order valence-corrected chi connectivity index (χ0v) is 16.1. The Morgan fingerprint density at radius 2 is 2.00 bits per heavy atom. The first-order valence-electron chi connectivity index (χ1n) is 10.4.